The molecule has 1 aromatic heterocycles. The lowest BCUT2D eigenvalue weighted by Gasteiger charge is -2.08. The minimum Gasteiger partial charge on any atom is -0.506 e. The number of hydrazone groups is 1. The van der Waals surface area contributed by atoms with Gasteiger partial charge in [0.1, 0.15) is 11.5 Å². The Hall–Kier alpha value is -4.26. The van der Waals surface area contributed by atoms with Crippen LogP contribution in [0.2, 0.25) is 0 Å². The summed E-state index contributed by atoms with van der Waals surface area (Å²) in [6, 6.07) is 20.3. The maximum atomic E-state index is 12.2. The number of nitrogens with zero attached hydrogens (tertiary/aromatic N) is 2. The summed E-state index contributed by atoms with van der Waals surface area (Å²) in [5.74, 6) is 0.365. The van der Waals surface area contributed by atoms with Crippen LogP contribution in [0.25, 0.3) is 10.9 Å². The molecule has 1 amide bonds. The van der Waals surface area contributed by atoms with E-state index in [0.717, 1.165) is 34.3 Å². The molecule has 0 fully saturated rings. The first-order chi connectivity index (χ1) is 15.0. The zero-order valence-corrected chi connectivity index (χ0v) is 16.9. The van der Waals surface area contributed by atoms with Crippen molar-refractivity contribution in [2.45, 2.75) is 6.54 Å². The van der Waals surface area contributed by atoms with E-state index in [1.807, 2.05) is 48.7 Å². The minimum absolute atomic E-state index is 0.0632. The number of aromatic nitrogens is 1. The van der Waals surface area contributed by atoms with Crippen molar-refractivity contribution in [1.29, 1.82) is 0 Å². The first-order valence-electron chi connectivity index (χ1n) is 9.67. The molecule has 0 spiro atoms. The highest BCUT2D eigenvalue weighted by atomic mass is 16.5. The Labute approximate surface area is 179 Å². The number of fused-ring (bicyclic) bond motifs is 1. The fraction of sp³-hybridized carbons (Fsp3) is 0.0833. The van der Waals surface area contributed by atoms with Crippen LogP contribution >= 0.6 is 0 Å². The Morgan fingerprint density at radius 1 is 1.16 bits per heavy atom. The Morgan fingerprint density at radius 3 is 2.84 bits per heavy atom. The number of carbonyl (C=O) groups is 1. The number of nitrogens with two attached hydrogens (primary N) is 1. The van der Waals surface area contributed by atoms with Crippen molar-refractivity contribution in [1.82, 2.24) is 9.99 Å². The SMILES string of the molecule is COc1cccc(Cn2ccc3cc(/C=N/NC(=O)c4ccc(O)c(N)c4)ccc32)c1. The van der Waals surface area contributed by atoms with E-state index >= 15 is 0 Å². The summed E-state index contributed by atoms with van der Waals surface area (Å²) < 4.78 is 7.47. The predicted octanol–water partition coefficient (Wildman–Crippen LogP) is 3.75. The lowest BCUT2D eigenvalue weighted by atomic mass is 10.1. The highest BCUT2D eigenvalue weighted by Crippen LogP contribution is 2.21. The van der Waals surface area contributed by atoms with E-state index in [9.17, 15) is 9.90 Å². The van der Waals surface area contributed by atoms with Gasteiger partial charge >= 0.3 is 0 Å². The number of benzene rings is 3. The molecule has 0 radical (unpaired) electrons. The number of amides is 1. The van der Waals surface area contributed by atoms with E-state index in [4.69, 9.17) is 10.5 Å². The molecule has 0 aliphatic rings. The number of anilines is 1. The highest BCUT2D eigenvalue weighted by Gasteiger charge is 2.07. The van der Waals surface area contributed by atoms with Crippen LogP contribution in [0.5, 0.6) is 11.5 Å². The molecule has 7 nitrogen and oxygen atoms in total. The summed E-state index contributed by atoms with van der Waals surface area (Å²) in [4.78, 5) is 12.2. The number of hydrogen-bond acceptors (Lipinski definition) is 5. The van der Waals surface area contributed by atoms with Gasteiger partial charge in [0, 0.05) is 29.2 Å². The van der Waals surface area contributed by atoms with Gasteiger partial charge < -0.3 is 20.1 Å². The van der Waals surface area contributed by atoms with Crippen LogP contribution in [0, 0.1) is 0 Å². The van der Waals surface area contributed by atoms with Crippen LogP contribution in [0.4, 0.5) is 5.69 Å². The normalized spacial score (nSPS) is 11.1. The van der Waals surface area contributed by atoms with Crippen LogP contribution in [-0.2, 0) is 6.54 Å². The van der Waals surface area contributed by atoms with Crippen LogP contribution in [0.1, 0.15) is 21.5 Å². The molecule has 156 valence electrons. The molecule has 0 saturated heterocycles. The van der Waals surface area contributed by atoms with Crippen molar-refractivity contribution in [3.05, 3.63) is 89.6 Å². The molecule has 4 N–H and O–H groups in total. The number of carbonyl (C=O) groups excluding carboxylic acids is 1. The topological polar surface area (TPSA) is 102 Å². The van der Waals surface area contributed by atoms with Crippen LogP contribution in [0.3, 0.4) is 0 Å². The number of rotatable bonds is 6. The van der Waals surface area contributed by atoms with Crippen molar-refractivity contribution in [3.8, 4) is 11.5 Å². The Morgan fingerprint density at radius 2 is 2.03 bits per heavy atom. The molecule has 0 aliphatic carbocycles. The molecule has 4 aromatic rings. The van der Waals surface area contributed by atoms with Gasteiger partial charge in [0.25, 0.3) is 5.91 Å². The zero-order chi connectivity index (χ0) is 21.8. The average molecular weight is 414 g/mol. The van der Waals surface area contributed by atoms with Gasteiger partial charge in [0.2, 0.25) is 0 Å². The number of aromatic hydroxyl groups is 1. The van der Waals surface area contributed by atoms with Crippen LogP contribution in [0.15, 0.2) is 78.0 Å². The molecule has 1 heterocycles. The third-order valence-corrected chi connectivity index (χ3v) is 4.95. The van der Waals surface area contributed by atoms with Gasteiger partial charge in [-0.25, -0.2) is 5.43 Å². The van der Waals surface area contributed by atoms with Gasteiger partial charge in [-0.2, -0.15) is 5.10 Å². The summed E-state index contributed by atoms with van der Waals surface area (Å²) in [5, 5.41) is 14.5. The summed E-state index contributed by atoms with van der Waals surface area (Å²) in [6.45, 7) is 0.736. The standard InChI is InChI=1S/C24H22N4O3/c1-31-20-4-2-3-17(12-20)15-28-10-9-18-11-16(5-7-22(18)28)14-26-27-24(30)19-6-8-23(29)21(25)13-19/h2-14,29H,15,25H2,1H3,(H,27,30)/b26-14+. The number of methoxy groups -OCH3 is 1. The first-order valence-corrected chi connectivity index (χ1v) is 9.67. The summed E-state index contributed by atoms with van der Waals surface area (Å²) in [5.41, 5.74) is 11.7. The van der Waals surface area contributed by atoms with Crippen molar-refractivity contribution in [2.75, 3.05) is 12.8 Å². The van der Waals surface area contributed by atoms with Gasteiger partial charge in [-0.3, -0.25) is 4.79 Å². The largest absolute Gasteiger partial charge is 0.506 e. The number of ether oxygens (including phenoxy) is 1. The van der Waals surface area contributed by atoms with E-state index < -0.39 is 5.91 Å². The maximum absolute atomic E-state index is 12.2. The lowest BCUT2D eigenvalue weighted by molar-refractivity contribution is 0.0955. The van der Waals surface area contributed by atoms with E-state index in [2.05, 4.69) is 21.2 Å². The van der Waals surface area contributed by atoms with Crippen molar-refractivity contribution < 1.29 is 14.6 Å². The summed E-state index contributed by atoms with van der Waals surface area (Å²) in [6.07, 6.45) is 3.63. The molecule has 7 heteroatoms. The molecule has 31 heavy (non-hydrogen) atoms. The average Bonchev–Trinajstić information content (AvgIpc) is 3.17. The van der Waals surface area contributed by atoms with Crippen molar-refractivity contribution in [3.63, 3.8) is 0 Å². The summed E-state index contributed by atoms with van der Waals surface area (Å²) >= 11 is 0. The Bertz CT molecular complexity index is 1280. The predicted molar refractivity (Wildman–Crippen MR) is 122 cm³/mol. The molecule has 3 aromatic carbocycles. The third kappa shape index (κ3) is 4.51. The van der Waals surface area contributed by atoms with Crippen molar-refractivity contribution in [2.24, 2.45) is 5.10 Å². The van der Waals surface area contributed by atoms with E-state index in [1.54, 1.807) is 13.3 Å². The van der Waals surface area contributed by atoms with Crippen LogP contribution < -0.4 is 15.9 Å². The fourth-order valence-corrected chi connectivity index (χ4v) is 3.33. The van der Waals surface area contributed by atoms with Gasteiger partial charge in [-0.05, 0) is 59.7 Å². The van der Waals surface area contributed by atoms with Gasteiger partial charge in [-0.15, -0.1) is 0 Å². The molecule has 0 bridgehead atoms. The van der Waals surface area contributed by atoms with E-state index in [-0.39, 0.29) is 11.4 Å². The summed E-state index contributed by atoms with van der Waals surface area (Å²) in [7, 11) is 1.66. The zero-order valence-electron chi connectivity index (χ0n) is 16.9. The van der Waals surface area contributed by atoms with Crippen molar-refractivity contribution >= 4 is 28.7 Å². The highest BCUT2D eigenvalue weighted by molar-refractivity contribution is 5.96. The van der Waals surface area contributed by atoms with Gasteiger partial charge in [-0.1, -0.05) is 18.2 Å². The maximum Gasteiger partial charge on any atom is 0.271 e. The quantitative estimate of drug-likeness (QED) is 0.194. The second kappa shape index (κ2) is 8.62. The van der Waals surface area contributed by atoms with E-state index in [0.29, 0.717) is 5.56 Å². The molecule has 0 saturated carbocycles. The number of phenolic OH excluding ortho intramolecular Hbond substituents is 1. The monoisotopic (exact) mass is 414 g/mol. The van der Waals surface area contributed by atoms with Gasteiger partial charge in [0.15, 0.2) is 0 Å². The Balaban J connectivity index is 1.45. The second-order valence-electron chi connectivity index (χ2n) is 7.09. The second-order valence-corrected chi connectivity index (χ2v) is 7.09. The minimum atomic E-state index is -0.409. The van der Waals surface area contributed by atoms with Gasteiger partial charge in [0.05, 0.1) is 19.0 Å². The fourth-order valence-electron chi connectivity index (χ4n) is 3.33. The van der Waals surface area contributed by atoms with E-state index in [1.165, 1.54) is 18.2 Å². The molecule has 4 rings (SSSR count). The lowest BCUT2D eigenvalue weighted by Crippen LogP contribution is -2.17. The molecule has 0 unspecified atom stereocenters. The molecular formula is C24H22N4O3. The molecule has 0 aliphatic heterocycles. The molecular weight excluding hydrogens is 392 g/mol. The first kappa shape index (κ1) is 20.0. The van der Waals surface area contributed by atoms with Crippen LogP contribution in [-0.4, -0.2) is 28.9 Å². The number of nitrogen functional groups attached to an aromatic ring is 1. The number of nitrogens with one attached hydrogen (secondary N) is 1. The number of hydrogen-bond donors (Lipinski definition) is 3. The third-order valence-electron chi connectivity index (χ3n) is 4.95. The molecule has 0 atom stereocenters. The smallest absolute Gasteiger partial charge is 0.271 e. The number of phenols is 1. The Kier molecular flexibility index (Phi) is 5.57.